The molecule has 0 aliphatic heterocycles. The average Bonchev–Trinajstić information content (AvgIpc) is 2.86. The minimum absolute atomic E-state index is 0.154. The Morgan fingerprint density at radius 3 is 2.38 bits per heavy atom. The van der Waals surface area contributed by atoms with E-state index in [0.717, 1.165) is 24.2 Å². The van der Waals surface area contributed by atoms with Crippen LogP contribution in [-0.4, -0.2) is 16.3 Å². The predicted molar refractivity (Wildman–Crippen MR) is 89.2 cm³/mol. The second-order valence-electron chi connectivity index (χ2n) is 5.40. The lowest BCUT2D eigenvalue weighted by molar-refractivity contribution is 0.506. The molecule has 1 atom stereocenters. The summed E-state index contributed by atoms with van der Waals surface area (Å²) in [5, 5.41) is 9.41. The van der Waals surface area contributed by atoms with Gasteiger partial charge in [0.1, 0.15) is 0 Å². The van der Waals surface area contributed by atoms with E-state index in [1.807, 2.05) is 23.0 Å². The number of nitrogens with zero attached hydrogens (tertiary/aromatic N) is 2. The molecular weight excluding hydrogens is 305 g/mol. The van der Waals surface area contributed by atoms with Crippen molar-refractivity contribution in [3.05, 3.63) is 51.8 Å². The largest absolute Gasteiger partial charge is 0.310 e. The van der Waals surface area contributed by atoms with Crippen LogP contribution in [-0.2, 0) is 6.42 Å². The number of likely N-dealkylation sites (N-methyl/N-ethyl adjacent to an activating group) is 1. The zero-order valence-electron chi connectivity index (χ0n) is 12.6. The molecule has 114 valence electrons. The Kier molecular flexibility index (Phi) is 5.68. The Morgan fingerprint density at radius 2 is 1.86 bits per heavy atom. The van der Waals surface area contributed by atoms with Gasteiger partial charge in [-0.1, -0.05) is 30.1 Å². The van der Waals surface area contributed by atoms with Gasteiger partial charge in [-0.25, -0.2) is 0 Å². The highest BCUT2D eigenvalue weighted by Crippen LogP contribution is 2.25. The molecule has 3 nitrogen and oxygen atoms in total. The fourth-order valence-corrected chi connectivity index (χ4v) is 2.86. The summed E-state index contributed by atoms with van der Waals surface area (Å²) >= 11 is 12.2. The van der Waals surface area contributed by atoms with Crippen LogP contribution in [0, 0.1) is 0 Å². The summed E-state index contributed by atoms with van der Waals surface area (Å²) in [6.07, 6.45) is 2.83. The number of hydrogen-bond donors (Lipinski definition) is 1. The molecule has 2 rings (SSSR count). The smallest absolute Gasteiger partial charge is 0.0643 e. The van der Waals surface area contributed by atoms with Crippen molar-refractivity contribution in [2.75, 3.05) is 6.54 Å². The number of benzene rings is 1. The monoisotopic (exact) mass is 325 g/mol. The Hall–Kier alpha value is -1.03. The Labute approximate surface area is 136 Å². The molecule has 1 aromatic carbocycles. The van der Waals surface area contributed by atoms with Crippen molar-refractivity contribution in [3.63, 3.8) is 0 Å². The predicted octanol–water partition coefficient (Wildman–Crippen LogP) is 4.66. The molecule has 1 unspecified atom stereocenters. The van der Waals surface area contributed by atoms with Crippen molar-refractivity contribution in [3.8, 4) is 0 Å². The third kappa shape index (κ3) is 4.47. The van der Waals surface area contributed by atoms with E-state index in [1.165, 1.54) is 0 Å². The number of rotatable bonds is 6. The lowest BCUT2D eigenvalue weighted by Gasteiger charge is -2.18. The van der Waals surface area contributed by atoms with E-state index in [4.69, 9.17) is 23.2 Å². The van der Waals surface area contributed by atoms with Crippen LogP contribution in [0.5, 0.6) is 0 Å². The normalized spacial score (nSPS) is 12.9. The molecule has 0 aliphatic carbocycles. The molecular formula is C16H21Cl2N3. The molecule has 21 heavy (non-hydrogen) atoms. The van der Waals surface area contributed by atoms with Crippen molar-refractivity contribution in [2.24, 2.45) is 0 Å². The van der Waals surface area contributed by atoms with Gasteiger partial charge in [-0.3, -0.25) is 4.68 Å². The van der Waals surface area contributed by atoms with Gasteiger partial charge < -0.3 is 5.32 Å². The summed E-state index contributed by atoms with van der Waals surface area (Å²) in [6, 6.07) is 8.26. The van der Waals surface area contributed by atoms with Crippen LogP contribution in [0.15, 0.2) is 30.5 Å². The minimum Gasteiger partial charge on any atom is -0.310 e. The quantitative estimate of drug-likeness (QED) is 0.836. The number of aromatic nitrogens is 2. The van der Waals surface area contributed by atoms with Crippen LogP contribution in [0.3, 0.4) is 0 Å². The van der Waals surface area contributed by atoms with Crippen LogP contribution < -0.4 is 5.32 Å². The zero-order valence-corrected chi connectivity index (χ0v) is 14.1. The second kappa shape index (κ2) is 7.30. The molecule has 0 bridgehead atoms. The van der Waals surface area contributed by atoms with Gasteiger partial charge in [-0.2, -0.15) is 5.10 Å². The average molecular weight is 326 g/mol. The Morgan fingerprint density at radius 1 is 1.19 bits per heavy atom. The van der Waals surface area contributed by atoms with E-state index in [9.17, 15) is 0 Å². The summed E-state index contributed by atoms with van der Waals surface area (Å²) in [6.45, 7) is 7.20. The van der Waals surface area contributed by atoms with Crippen molar-refractivity contribution in [1.29, 1.82) is 0 Å². The van der Waals surface area contributed by atoms with Gasteiger partial charge in [0, 0.05) is 34.7 Å². The van der Waals surface area contributed by atoms with Gasteiger partial charge in [0.05, 0.1) is 5.69 Å². The van der Waals surface area contributed by atoms with E-state index in [-0.39, 0.29) is 6.04 Å². The summed E-state index contributed by atoms with van der Waals surface area (Å²) in [4.78, 5) is 0. The maximum Gasteiger partial charge on any atom is 0.0643 e. The fourth-order valence-electron chi connectivity index (χ4n) is 2.31. The number of hydrogen-bond acceptors (Lipinski definition) is 2. The van der Waals surface area contributed by atoms with E-state index in [1.54, 1.807) is 6.07 Å². The number of halogens is 2. The first-order chi connectivity index (χ1) is 9.99. The standard InChI is InChI=1S/C16H21Cl2N3/c1-4-19-16(12-7-13(17)9-14(18)8-12)10-15-5-6-21(20-15)11(2)3/h5-9,11,16,19H,4,10H2,1-3H3. The zero-order chi connectivity index (χ0) is 15.4. The first-order valence-electron chi connectivity index (χ1n) is 7.23. The second-order valence-corrected chi connectivity index (χ2v) is 6.27. The van der Waals surface area contributed by atoms with Crippen molar-refractivity contribution >= 4 is 23.2 Å². The molecule has 1 N–H and O–H groups in total. The van der Waals surface area contributed by atoms with E-state index in [0.29, 0.717) is 16.1 Å². The highest BCUT2D eigenvalue weighted by molar-refractivity contribution is 6.34. The maximum atomic E-state index is 6.11. The Bertz CT molecular complexity index is 573. The van der Waals surface area contributed by atoms with Gasteiger partial charge in [0.25, 0.3) is 0 Å². The molecule has 2 aromatic rings. The first kappa shape index (κ1) is 16.3. The van der Waals surface area contributed by atoms with Crippen molar-refractivity contribution in [2.45, 2.75) is 39.3 Å². The van der Waals surface area contributed by atoms with E-state index >= 15 is 0 Å². The molecule has 0 saturated carbocycles. The molecule has 5 heteroatoms. The molecule has 0 saturated heterocycles. The van der Waals surface area contributed by atoms with Crippen molar-refractivity contribution in [1.82, 2.24) is 15.1 Å². The molecule has 1 aromatic heterocycles. The van der Waals surface area contributed by atoms with Gasteiger partial charge in [-0.05, 0) is 50.2 Å². The number of nitrogens with one attached hydrogen (secondary N) is 1. The topological polar surface area (TPSA) is 29.9 Å². The molecule has 0 radical (unpaired) electrons. The molecule has 0 aliphatic rings. The SMILES string of the molecule is CCNC(Cc1ccn(C(C)C)n1)c1cc(Cl)cc(Cl)c1. The van der Waals surface area contributed by atoms with Gasteiger partial charge in [0.2, 0.25) is 0 Å². The lowest BCUT2D eigenvalue weighted by atomic mass is 10.0. The highest BCUT2D eigenvalue weighted by Gasteiger charge is 2.14. The molecule has 0 fully saturated rings. The van der Waals surface area contributed by atoms with Crippen molar-refractivity contribution < 1.29 is 0 Å². The van der Waals surface area contributed by atoms with Crippen LogP contribution in [0.2, 0.25) is 10.0 Å². The van der Waals surface area contributed by atoms with Crippen LogP contribution >= 0.6 is 23.2 Å². The van der Waals surface area contributed by atoms with Crippen LogP contribution in [0.1, 0.15) is 44.1 Å². The van der Waals surface area contributed by atoms with Crippen LogP contribution in [0.25, 0.3) is 0 Å². The third-order valence-electron chi connectivity index (χ3n) is 3.34. The first-order valence-corrected chi connectivity index (χ1v) is 7.98. The molecule has 0 amide bonds. The summed E-state index contributed by atoms with van der Waals surface area (Å²) in [7, 11) is 0. The van der Waals surface area contributed by atoms with Gasteiger partial charge in [0.15, 0.2) is 0 Å². The summed E-state index contributed by atoms with van der Waals surface area (Å²) < 4.78 is 1.98. The highest BCUT2D eigenvalue weighted by atomic mass is 35.5. The van der Waals surface area contributed by atoms with E-state index in [2.05, 4.69) is 37.3 Å². The maximum absolute atomic E-state index is 6.11. The summed E-state index contributed by atoms with van der Waals surface area (Å²) in [5.41, 5.74) is 2.15. The fraction of sp³-hybridized carbons (Fsp3) is 0.438. The molecule has 0 spiro atoms. The minimum atomic E-state index is 0.154. The Balaban J connectivity index is 2.21. The van der Waals surface area contributed by atoms with Gasteiger partial charge >= 0.3 is 0 Å². The van der Waals surface area contributed by atoms with Gasteiger partial charge in [-0.15, -0.1) is 0 Å². The third-order valence-corrected chi connectivity index (χ3v) is 3.78. The molecule has 1 heterocycles. The van der Waals surface area contributed by atoms with E-state index < -0.39 is 0 Å². The van der Waals surface area contributed by atoms with Crippen LogP contribution in [0.4, 0.5) is 0 Å². The summed E-state index contributed by atoms with van der Waals surface area (Å²) in [5.74, 6) is 0. The lowest BCUT2D eigenvalue weighted by Crippen LogP contribution is -2.23.